The van der Waals surface area contributed by atoms with Crippen molar-refractivity contribution in [2.24, 2.45) is 22.7 Å². The second-order valence-electron chi connectivity index (χ2n) is 15.8. The Morgan fingerprint density at radius 2 is 1.55 bits per heavy atom. The van der Waals surface area contributed by atoms with Crippen LogP contribution in [0.5, 0.6) is 0 Å². The van der Waals surface area contributed by atoms with Crippen molar-refractivity contribution in [3.8, 4) is 0 Å². The van der Waals surface area contributed by atoms with Crippen LogP contribution in [-0.2, 0) is 35.1 Å². The molecule has 0 bridgehead atoms. The fourth-order valence-corrected chi connectivity index (χ4v) is 7.51. The van der Waals surface area contributed by atoms with Gasteiger partial charge in [0, 0.05) is 68.5 Å². The molecule has 1 aromatic rings. The van der Waals surface area contributed by atoms with E-state index in [0.717, 1.165) is 18.4 Å². The molecule has 0 spiro atoms. The number of amides is 4. The molecule has 14 nitrogen and oxygen atoms in total. The topological polar surface area (TPSA) is 156 Å². The van der Waals surface area contributed by atoms with Crippen LogP contribution in [0.3, 0.4) is 0 Å². The Bertz CT molecular complexity index is 1380. The van der Waals surface area contributed by atoms with Crippen molar-refractivity contribution in [1.29, 1.82) is 0 Å². The van der Waals surface area contributed by atoms with Gasteiger partial charge in [-0.25, -0.2) is 4.99 Å². The lowest BCUT2D eigenvalue weighted by Crippen LogP contribution is -2.56. The number of ether oxygens (including phenoxy) is 2. The highest BCUT2D eigenvalue weighted by Crippen LogP contribution is 2.30. The number of carbonyl (C=O) groups excluding carboxylic acids is 4. The van der Waals surface area contributed by atoms with Crippen LogP contribution < -0.4 is 10.6 Å². The highest BCUT2D eigenvalue weighted by atomic mass is 16.5. The molecular formula is C41H71N7O7. The normalized spacial score (nSPS) is 18.6. The minimum Gasteiger partial charge on any atom is -0.394 e. The molecule has 14 heteroatoms. The average Bonchev–Trinajstić information content (AvgIpc) is 3.63. The van der Waals surface area contributed by atoms with Gasteiger partial charge >= 0.3 is 0 Å². The molecule has 1 aliphatic heterocycles. The predicted octanol–water partition coefficient (Wildman–Crippen LogP) is 2.64. The van der Waals surface area contributed by atoms with Gasteiger partial charge < -0.3 is 44.8 Å². The van der Waals surface area contributed by atoms with E-state index in [1.54, 1.807) is 37.8 Å². The molecule has 9 atom stereocenters. The third kappa shape index (κ3) is 13.2. The van der Waals surface area contributed by atoms with Gasteiger partial charge in [-0.3, -0.25) is 19.2 Å². The van der Waals surface area contributed by atoms with E-state index < -0.39 is 48.2 Å². The number of hydrogen-bond acceptors (Lipinski definition) is 8. The van der Waals surface area contributed by atoms with Crippen molar-refractivity contribution in [3.63, 3.8) is 0 Å². The van der Waals surface area contributed by atoms with Crippen molar-refractivity contribution < 1.29 is 33.8 Å². The van der Waals surface area contributed by atoms with Gasteiger partial charge in [-0.2, -0.15) is 0 Å². The zero-order chi connectivity index (χ0) is 41.6. The van der Waals surface area contributed by atoms with Crippen LogP contribution in [-0.4, -0.2) is 159 Å². The van der Waals surface area contributed by atoms with Crippen LogP contribution in [0.4, 0.5) is 0 Å². The van der Waals surface area contributed by atoms with Gasteiger partial charge in [0.25, 0.3) is 0 Å². The summed E-state index contributed by atoms with van der Waals surface area (Å²) in [6.07, 6.45) is 1.19. The number of benzene rings is 1. The van der Waals surface area contributed by atoms with Crippen LogP contribution >= 0.6 is 0 Å². The maximum Gasteiger partial charge on any atom is 0.247 e. The molecule has 0 radical (unpaired) electrons. The van der Waals surface area contributed by atoms with E-state index in [1.165, 1.54) is 7.11 Å². The smallest absolute Gasteiger partial charge is 0.247 e. The maximum absolute atomic E-state index is 14.3. The summed E-state index contributed by atoms with van der Waals surface area (Å²) in [6.45, 7) is 11.8. The average molecular weight is 774 g/mol. The number of aliphatic imine (C=N–C) groups is 1. The summed E-state index contributed by atoms with van der Waals surface area (Å²) in [6, 6.07) is 6.60. The molecule has 312 valence electrons. The number of nitrogens with one attached hydrogen (secondary N) is 2. The number of likely N-dealkylation sites (N-methyl/N-ethyl adjacent to an activating group) is 1. The third-order valence-electron chi connectivity index (χ3n) is 10.8. The standard InChI is InChI=1S/C41H71N7O7/c1-14-27(4)36(47(11)40(53)35(26(2)3)44-41(45(7)8)46(9)10)33(54-12)24-34(50)48-22-18-21-32(48)37(55-13)29(6)38(51)43-31(39(52)42-28(5)25-49)23-30-19-16-15-17-20-30/h15-17,19-20,26-29,31-33,35-37,49H,14,18,21-25H2,1-13H3,(H,42,52)(H,43,51)/t27-,28-,29+,31-,32-,33-,35-,36-,37+/m0/s1. The molecule has 55 heavy (non-hydrogen) atoms. The summed E-state index contributed by atoms with van der Waals surface area (Å²) >= 11 is 0. The number of hydrogen-bond donors (Lipinski definition) is 3. The SMILES string of the molecule is CC[C@H](C)[C@@H]([C@H](CC(=O)N1CCC[C@H]1[C@H](OC)[C@@H](C)C(=O)N[C@@H](Cc1ccccc1)C(=O)N[C@@H](C)CO)OC)N(C)C(=O)[C@@H](N=C(N(C)C)N(C)C)C(C)C. The zero-order valence-electron chi connectivity index (χ0n) is 35.7. The van der Waals surface area contributed by atoms with Crippen LogP contribution in [0.15, 0.2) is 35.3 Å². The van der Waals surface area contributed by atoms with E-state index >= 15 is 0 Å². The summed E-state index contributed by atoms with van der Waals surface area (Å²) in [5, 5.41) is 15.2. The first-order chi connectivity index (χ1) is 25.9. The molecule has 1 aromatic carbocycles. The van der Waals surface area contributed by atoms with Gasteiger partial charge in [-0.05, 0) is 37.2 Å². The molecular weight excluding hydrogens is 702 g/mol. The summed E-state index contributed by atoms with van der Waals surface area (Å²) in [5.41, 5.74) is 0.873. The number of guanidine groups is 1. The van der Waals surface area contributed by atoms with Crippen molar-refractivity contribution in [1.82, 2.24) is 30.2 Å². The Morgan fingerprint density at radius 1 is 0.927 bits per heavy atom. The first kappa shape index (κ1) is 47.4. The highest BCUT2D eigenvalue weighted by Gasteiger charge is 2.43. The van der Waals surface area contributed by atoms with E-state index in [0.29, 0.717) is 18.9 Å². The first-order valence-electron chi connectivity index (χ1n) is 19.7. The lowest BCUT2D eigenvalue weighted by Gasteiger charge is -2.40. The first-order valence-corrected chi connectivity index (χ1v) is 19.7. The molecule has 0 unspecified atom stereocenters. The van der Waals surface area contributed by atoms with Gasteiger partial charge in [0.2, 0.25) is 23.6 Å². The van der Waals surface area contributed by atoms with E-state index in [2.05, 4.69) is 24.5 Å². The number of likely N-dealkylation sites (tertiary alicyclic amines) is 1. The highest BCUT2D eigenvalue weighted by molar-refractivity contribution is 5.89. The second-order valence-corrected chi connectivity index (χ2v) is 15.8. The zero-order valence-corrected chi connectivity index (χ0v) is 35.7. The summed E-state index contributed by atoms with van der Waals surface area (Å²) < 4.78 is 12.0. The molecule has 1 aliphatic rings. The molecule has 0 aliphatic carbocycles. The summed E-state index contributed by atoms with van der Waals surface area (Å²) in [4.78, 5) is 67.8. The maximum atomic E-state index is 14.3. The lowest BCUT2D eigenvalue weighted by atomic mass is 9.89. The minimum atomic E-state index is -0.886. The number of aliphatic hydroxyl groups excluding tert-OH is 1. The van der Waals surface area contributed by atoms with Crippen molar-refractivity contribution in [2.45, 2.75) is 116 Å². The summed E-state index contributed by atoms with van der Waals surface area (Å²) in [7, 11) is 12.5. The molecule has 1 saturated heterocycles. The molecule has 2 rings (SSSR count). The Kier molecular flexibility index (Phi) is 19.6. The molecule has 1 fully saturated rings. The number of methoxy groups -OCH3 is 2. The molecule has 3 N–H and O–H groups in total. The van der Waals surface area contributed by atoms with Crippen molar-refractivity contribution in [3.05, 3.63) is 35.9 Å². The number of aliphatic hydroxyl groups is 1. The van der Waals surface area contributed by atoms with Crippen molar-refractivity contribution in [2.75, 3.05) is 62.6 Å². The lowest BCUT2D eigenvalue weighted by molar-refractivity contribution is -0.146. The van der Waals surface area contributed by atoms with E-state index in [4.69, 9.17) is 14.5 Å². The van der Waals surface area contributed by atoms with E-state index in [1.807, 2.05) is 82.2 Å². The fourth-order valence-electron chi connectivity index (χ4n) is 7.51. The van der Waals surface area contributed by atoms with Gasteiger partial charge in [0.15, 0.2) is 5.96 Å². The van der Waals surface area contributed by atoms with Gasteiger partial charge in [-0.1, -0.05) is 71.4 Å². The van der Waals surface area contributed by atoms with Gasteiger partial charge in [0.1, 0.15) is 12.1 Å². The van der Waals surface area contributed by atoms with Crippen molar-refractivity contribution >= 4 is 29.6 Å². The number of rotatable bonds is 20. The number of nitrogens with zero attached hydrogens (tertiary/aromatic N) is 5. The Morgan fingerprint density at radius 3 is 2.05 bits per heavy atom. The number of carbonyl (C=O) groups is 4. The minimum absolute atomic E-state index is 0.0110. The molecule has 4 amide bonds. The van der Waals surface area contributed by atoms with E-state index in [9.17, 15) is 24.3 Å². The molecule has 0 saturated carbocycles. The third-order valence-corrected chi connectivity index (χ3v) is 10.8. The van der Waals surface area contributed by atoms with Gasteiger partial charge in [-0.15, -0.1) is 0 Å². The van der Waals surface area contributed by atoms with Crippen LogP contribution in [0.1, 0.15) is 72.8 Å². The monoisotopic (exact) mass is 774 g/mol. The predicted molar refractivity (Wildman–Crippen MR) is 216 cm³/mol. The molecule has 0 aromatic heterocycles. The van der Waals surface area contributed by atoms with Gasteiger partial charge in [0.05, 0.1) is 43.2 Å². The second kappa shape index (κ2) is 22.7. The Labute approximate surface area is 330 Å². The summed E-state index contributed by atoms with van der Waals surface area (Å²) in [5.74, 6) is -1.14. The van der Waals surface area contributed by atoms with Crippen LogP contribution in [0.2, 0.25) is 0 Å². The molecule has 1 heterocycles. The van der Waals surface area contributed by atoms with Crippen LogP contribution in [0, 0.1) is 17.8 Å². The largest absolute Gasteiger partial charge is 0.394 e. The van der Waals surface area contributed by atoms with E-state index in [-0.39, 0.29) is 55.0 Å². The fraction of sp³-hybridized carbons (Fsp3) is 0.732. The Hall–Kier alpha value is -3.75. The van der Waals surface area contributed by atoms with Crippen LogP contribution in [0.25, 0.3) is 0 Å². The Balaban J connectivity index is 2.33. The quantitative estimate of drug-likeness (QED) is 0.134.